The molecule has 0 saturated carbocycles. The van der Waals surface area contributed by atoms with Crippen LogP contribution in [0.25, 0.3) is 0 Å². The first-order valence-corrected chi connectivity index (χ1v) is 9.59. The number of nitrogens with zero attached hydrogens (tertiary/aromatic N) is 2. The third-order valence-electron chi connectivity index (χ3n) is 3.74. The number of aromatic nitrogens is 1. The van der Waals surface area contributed by atoms with E-state index in [1.165, 1.54) is 18.4 Å². The zero-order valence-electron chi connectivity index (χ0n) is 16.0. The topological polar surface area (TPSA) is 111 Å². The van der Waals surface area contributed by atoms with Gasteiger partial charge >= 0.3 is 0 Å². The summed E-state index contributed by atoms with van der Waals surface area (Å²) < 4.78 is 11.0. The van der Waals surface area contributed by atoms with E-state index in [1.54, 1.807) is 29.8 Å². The van der Waals surface area contributed by atoms with Crippen molar-refractivity contribution in [1.29, 1.82) is 0 Å². The molecule has 0 aliphatic carbocycles. The van der Waals surface area contributed by atoms with Crippen LogP contribution >= 0.6 is 11.3 Å². The van der Waals surface area contributed by atoms with E-state index in [0.717, 1.165) is 16.8 Å². The molecule has 3 rings (SSSR count). The van der Waals surface area contributed by atoms with Gasteiger partial charge in [-0.15, -0.1) is 11.3 Å². The Labute approximate surface area is 172 Å². The predicted octanol–water partition coefficient (Wildman–Crippen LogP) is 3.51. The van der Waals surface area contributed by atoms with Gasteiger partial charge in [-0.05, 0) is 48.4 Å². The normalized spacial score (nSPS) is 10.7. The molecule has 8 nitrogen and oxygen atoms in total. The first kappa shape index (κ1) is 20.2. The molecule has 3 aromatic rings. The highest BCUT2D eigenvalue weighted by Gasteiger charge is 2.09. The second-order valence-electron chi connectivity index (χ2n) is 6.06. The number of thiazole rings is 1. The molecular weight excluding hydrogens is 390 g/mol. The second-order valence-corrected chi connectivity index (χ2v) is 6.92. The molecule has 0 radical (unpaired) electrons. The average Bonchev–Trinajstić information content (AvgIpc) is 3.12. The number of nitrogen functional groups attached to an aromatic ring is 1. The van der Waals surface area contributed by atoms with Gasteiger partial charge in [0.1, 0.15) is 5.82 Å². The Kier molecular flexibility index (Phi) is 6.64. The maximum absolute atomic E-state index is 12.1. The molecular formula is C20H21N5O3S. The first-order valence-electron chi connectivity index (χ1n) is 8.71. The second kappa shape index (κ2) is 9.56. The standard InChI is InChI=1S/C20H21N5O3S/c1-13-4-3-5-15(8-13)23-19(26)11-28-16-7-6-14(9-17(16)27-2)10-22-25-20-24-18(21)12-29-20/h3-10,12H,11,21H2,1-2H3,(H,23,26)(H,24,25). The van der Waals surface area contributed by atoms with Crippen LogP contribution in [0.3, 0.4) is 0 Å². The summed E-state index contributed by atoms with van der Waals surface area (Å²) >= 11 is 1.36. The fraction of sp³-hybridized carbons (Fsp3) is 0.150. The molecule has 0 fully saturated rings. The minimum Gasteiger partial charge on any atom is -0.493 e. The number of nitrogens with one attached hydrogen (secondary N) is 2. The van der Waals surface area contributed by atoms with Crippen molar-refractivity contribution >= 4 is 40.1 Å². The summed E-state index contributed by atoms with van der Waals surface area (Å²) in [6.07, 6.45) is 1.62. The fourth-order valence-electron chi connectivity index (χ4n) is 2.45. The lowest BCUT2D eigenvalue weighted by molar-refractivity contribution is -0.118. The Morgan fingerprint density at radius 1 is 1.28 bits per heavy atom. The lowest BCUT2D eigenvalue weighted by Crippen LogP contribution is -2.20. The van der Waals surface area contributed by atoms with Gasteiger partial charge in [0, 0.05) is 11.1 Å². The smallest absolute Gasteiger partial charge is 0.262 e. The number of nitrogens with two attached hydrogens (primary N) is 1. The zero-order valence-corrected chi connectivity index (χ0v) is 16.8. The summed E-state index contributed by atoms with van der Waals surface area (Å²) in [5, 5.41) is 9.24. The van der Waals surface area contributed by atoms with Gasteiger partial charge in [-0.2, -0.15) is 5.10 Å². The third kappa shape index (κ3) is 5.94. The van der Waals surface area contributed by atoms with E-state index in [4.69, 9.17) is 15.2 Å². The molecule has 4 N–H and O–H groups in total. The Morgan fingerprint density at radius 2 is 2.14 bits per heavy atom. The fourth-order valence-corrected chi connectivity index (χ4v) is 3.00. The van der Waals surface area contributed by atoms with E-state index < -0.39 is 0 Å². The monoisotopic (exact) mass is 411 g/mol. The summed E-state index contributed by atoms with van der Waals surface area (Å²) in [7, 11) is 1.53. The van der Waals surface area contributed by atoms with Crippen LogP contribution in [0.1, 0.15) is 11.1 Å². The van der Waals surface area contributed by atoms with Gasteiger partial charge in [-0.3, -0.25) is 10.2 Å². The lowest BCUT2D eigenvalue weighted by Gasteiger charge is -2.11. The number of methoxy groups -OCH3 is 1. The number of carbonyl (C=O) groups excluding carboxylic acids is 1. The number of ether oxygens (including phenoxy) is 2. The van der Waals surface area contributed by atoms with Gasteiger partial charge in [-0.1, -0.05) is 12.1 Å². The lowest BCUT2D eigenvalue weighted by atomic mass is 10.2. The van der Waals surface area contributed by atoms with Crippen LogP contribution in [0.15, 0.2) is 52.9 Å². The van der Waals surface area contributed by atoms with Crippen molar-refractivity contribution in [1.82, 2.24) is 4.98 Å². The predicted molar refractivity (Wildman–Crippen MR) is 116 cm³/mol. The van der Waals surface area contributed by atoms with Crippen molar-refractivity contribution < 1.29 is 14.3 Å². The molecule has 0 bridgehead atoms. The van der Waals surface area contributed by atoms with Gasteiger partial charge in [0.15, 0.2) is 18.1 Å². The summed E-state index contributed by atoms with van der Waals surface area (Å²) in [6, 6.07) is 12.8. The molecule has 1 heterocycles. The molecule has 0 atom stereocenters. The highest BCUT2D eigenvalue weighted by atomic mass is 32.1. The molecule has 0 aliphatic rings. The highest BCUT2D eigenvalue weighted by Crippen LogP contribution is 2.27. The molecule has 29 heavy (non-hydrogen) atoms. The number of aryl methyl sites for hydroxylation is 1. The van der Waals surface area contributed by atoms with Gasteiger partial charge in [0.2, 0.25) is 5.13 Å². The van der Waals surface area contributed by atoms with Crippen molar-refractivity contribution in [2.24, 2.45) is 5.10 Å². The van der Waals surface area contributed by atoms with Gasteiger partial charge < -0.3 is 20.5 Å². The van der Waals surface area contributed by atoms with Crippen LogP contribution in [0.4, 0.5) is 16.6 Å². The van der Waals surface area contributed by atoms with E-state index >= 15 is 0 Å². The molecule has 0 saturated heterocycles. The number of carbonyl (C=O) groups is 1. The Hall–Kier alpha value is -3.59. The minimum absolute atomic E-state index is 0.134. The number of rotatable bonds is 8. The number of anilines is 3. The maximum atomic E-state index is 12.1. The maximum Gasteiger partial charge on any atom is 0.262 e. The van der Waals surface area contributed by atoms with Crippen LogP contribution in [0.2, 0.25) is 0 Å². The van der Waals surface area contributed by atoms with Crippen molar-refractivity contribution in [3.05, 3.63) is 59.0 Å². The van der Waals surface area contributed by atoms with E-state index in [0.29, 0.717) is 22.4 Å². The quantitative estimate of drug-likeness (QED) is 0.386. The zero-order chi connectivity index (χ0) is 20.6. The van der Waals surface area contributed by atoms with Crippen LogP contribution in [0, 0.1) is 6.92 Å². The van der Waals surface area contributed by atoms with Crippen molar-refractivity contribution in [2.45, 2.75) is 6.92 Å². The van der Waals surface area contributed by atoms with Crippen molar-refractivity contribution in [3.63, 3.8) is 0 Å². The van der Waals surface area contributed by atoms with Crippen LogP contribution in [-0.4, -0.2) is 30.8 Å². The molecule has 0 aliphatic heterocycles. The summed E-state index contributed by atoms with van der Waals surface area (Å²) in [6.45, 7) is 1.83. The molecule has 1 aromatic heterocycles. The number of hydrazone groups is 1. The first-order chi connectivity index (χ1) is 14.0. The number of hydrogen-bond acceptors (Lipinski definition) is 8. The number of hydrogen-bond donors (Lipinski definition) is 3. The SMILES string of the molecule is COc1cc(C=NNc2nc(N)cs2)ccc1OCC(=O)Nc1cccc(C)c1. The van der Waals surface area contributed by atoms with E-state index in [1.807, 2.05) is 31.2 Å². The van der Waals surface area contributed by atoms with Crippen LogP contribution in [-0.2, 0) is 4.79 Å². The van der Waals surface area contributed by atoms with E-state index in [-0.39, 0.29) is 12.5 Å². The minimum atomic E-state index is -0.254. The van der Waals surface area contributed by atoms with Crippen LogP contribution < -0.4 is 25.9 Å². The average molecular weight is 411 g/mol. The molecule has 150 valence electrons. The Morgan fingerprint density at radius 3 is 2.86 bits per heavy atom. The third-order valence-corrected chi connectivity index (χ3v) is 4.51. The van der Waals surface area contributed by atoms with Crippen molar-refractivity contribution in [2.75, 3.05) is 30.2 Å². The molecule has 9 heteroatoms. The molecule has 2 aromatic carbocycles. The van der Waals surface area contributed by atoms with Gasteiger partial charge in [0.25, 0.3) is 5.91 Å². The molecule has 1 amide bonds. The summed E-state index contributed by atoms with van der Waals surface area (Å²) in [4.78, 5) is 16.2. The Bertz CT molecular complexity index is 1020. The highest BCUT2D eigenvalue weighted by molar-refractivity contribution is 7.14. The van der Waals surface area contributed by atoms with E-state index in [9.17, 15) is 4.79 Å². The van der Waals surface area contributed by atoms with Crippen LogP contribution in [0.5, 0.6) is 11.5 Å². The largest absolute Gasteiger partial charge is 0.493 e. The molecule has 0 unspecified atom stereocenters. The Balaban J connectivity index is 1.57. The van der Waals surface area contributed by atoms with Crippen molar-refractivity contribution in [3.8, 4) is 11.5 Å². The van der Waals surface area contributed by atoms with E-state index in [2.05, 4.69) is 20.8 Å². The van der Waals surface area contributed by atoms with Gasteiger partial charge in [0.05, 0.1) is 13.3 Å². The summed E-state index contributed by atoms with van der Waals surface area (Å²) in [5.41, 5.74) is 11.0. The molecule has 0 spiro atoms. The summed E-state index contributed by atoms with van der Waals surface area (Å²) in [5.74, 6) is 1.15. The number of amides is 1. The number of benzene rings is 2. The van der Waals surface area contributed by atoms with Gasteiger partial charge in [-0.25, -0.2) is 4.98 Å².